The average Bonchev–Trinajstić information content (AvgIpc) is 2.10. The topological polar surface area (TPSA) is 206 Å². The Morgan fingerprint density at radius 3 is 1.00 bits per heavy atom. The molecule has 0 bridgehead atoms. The van der Waals surface area contributed by atoms with Crippen molar-refractivity contribution in [1.82, 2.24) is 60.5 Å². The Kier molecular flexibility index (Phi) is 29.0. The van der Waals surface area contributed by atoms with Crippen LogP contribution < -0.4 is 15.3 Å². The van der Waals surface area contributed by atoms with Gasteiger partial charge in [0.25, 0.3) is 0 Å². The van der Waals surface area contributed by atoms with Gasteiger partial charge in [-0.05, 0) is 126 Å². The zero-order valence-corrected chi connectivity index (χ0v) is 56.4. The number of hydrogen-bond donors (Lipinski definition) is 0. The molecule has 9 heterocycles. The van der Waals surface area contributed by atoms with E-state index < -0.39 is 34.9 Å². The molecule has 5 aromatic carbocycles. The summed E-state index contributed by atoms with van der Waals surface area (Å²) in [5, 5.41) is 41.7. The van der Waals surface area contributed by atoms with Crippen LogP contribution in [0.3, 0.4) is 0 Å². The molecule has 0 amide bonds. The minimum absolute atomic E-state index is 0. The molecule has 14 nitrogen and oxygen atoms in total. The standard InChI is InChI=1S/2C15H9N4.C12H8F2N.2C11H6F2N.C8H6N3.3Ir/c2*16-10-11-4-6-12(7-5-11)14-9-15(19-18-14)13-3-1-2-8-17-13;1-8-4-5-15-12(6-8)10-3-2-9(13)7-11(10)14;2*12-8-4-5-9(10(13)7-8)11-3-1-2-6-14-11;1-2-5-9-7(3-1)8-4-6-10-11-8;;;/h2*1-9H;2,4-7H,1H3;2*1-4,6-7H;1-6H;;;/q6*-1;;;. The van der Waals surface area contributed by atoms with E-state index >= 15 is 0 Å². The third-order valence-electron chi connectivity index (χ3n) is 12.5. The molecule has 0 spiro atoms. The van der Waals surface area contributed by atoms with E-state index in [1.54, 1.807) is 110 Å². The maximum Gasteiger partial charge on any atom is 0.0991 e. The molecular formula is C72H44F6Ir3N14-6. The molecular weight excluding hydrogens is 1750 g/mol. The van der Waals surface area contributed by atoms with Crippen molar-refractivity contribution >= 4 is 0 Å². The van der Waals surface area contributed by atoms with Crippen LogP contribution in [0.5, 0.6) is 0 Å². The Morgan fingerprint density at radius 1 is 0.337 bits per heavy atom. The van der Waals surface area contributed by atoms with Crippen LogP contribution in [0, 0.1) is 82.7 Å². The summed E-state index contributed by atoms with van der Waals surface area (Å²) in [7, 11) is 0. The zero-order valence-electron chi connectivity index (χ0n) is 49.2. The quantitative estimate of drug-likeness (QED) is 0.103. The van der Waals surface area contributed by atoms with Gasteiger partial charge in [-0.2, -0.15) is 10.5 Å². The van der Waals surface area contributed by atoms with E-state index in [0.717, 1.165) is 98.6 Å². The van der Waals surface area contributed by atoms with Crippen molar-refractivity contribution in [3.63, 3.8) is 0 Å². The van der Waals surface area contributed by atoms with Gasteiger partial charge >= 0.3 is 0 Å². The number of benzene rings is 5. The first-order valence-electron chi connectivity index (χ1n) is 27.5. The van der Waals surface area contributed by atoms with Gasteiger partial charge in [0.05, 0.1) is 23.3 Å². The predicted molar refractivity (Wildman–Crippen MR) is 333 cm³/mol. The molecule has 0 aliphatic rings. The number of hydrogen-bond acceptors (Lipinski definition) is 11. The number of nitriles is 2. The summed E-state index contributed by atoms with van der Waals surface area (Å²) in [6, 6.07) is 68.5. The number of halogens is 6. The van der Waals surface area contributed by atoms with Crippen molar-refractivity contribution in [2.24, 2.45) is 0 Å². The predicted octanol–water partition coefficient (Wildman–Crippen LogP) is 15.2. The number of pyridine rings is 6. The fraction of sp³-hybridized carbons (Fsp3) is 0.0139. The summed E-state index contributed by atoms with van der Waals surface area (Å²) in [5.74, 6) is -3.85. The Morgan fingerprint density at radius 2 is 0.684 bits per heavy atom. The molecule has 0 unspecified atom stereocenters. The van der Waals surface area contributed by atoms with Crippen molar-refractivity contribution in [2.45, 2.75) is 6.92 Å². The van der Waals surface area contributed by atoms with Gasteiger partial charge < -0.3 is 45.5 Å². The average molecular weight is 1800 g/mol. The molecule has 477 valence electrons. The van der Waals surface area contributed by atoms with E-state index in [0.29, 0.717) is 28.2 Å². The van der Waals surface area contributed by atoms with Gasteiger partial charge in [-0.15, -0.1) is 36.4 Å². The monoisotopic (exact) mass is 1800 g/mol. The summed E-state index contributed by atoms with van der Waals surface area (Å²) < 4.78 is 77.6. The van der Waals surface area contributed by atoms with Crippen molar-refractivity contribution in [3.8, 4) is 103 Å². The molecule has 9 aromatic heterocycles. The fourth-order valence-corrected chi connectivity index (χ4v) is 8.08. The Hall–Kier alpha value is -10.9. The van der Waals surface area contributed by atoms with E-state index in [9.17, 15) is 26.3 Å². The molecule has 0 atom stereocenters. The molecule has 0 saturated heterocycles. The summed E-state index contributed by atoms with van der Waals surface area (Å²) in [6.07, 6.45) is 11.5. The van der Waals surface area contributed by atoms with Crippen molar-refractivity contribution in [1.29, 1.82) is 10.5 Å². The van der Waals surface area contributed by atoms with Gasteiger partial charge in [0.2, 0.25) is 0 Å². The second kappa shape index (κ2) is 37.6. The van der Waals surface area contributed by atoms with Crippen LogP contribution in [-0.4, -0.2) is 45.2 Å². The number of aryl methyl sites for hydroxylation is 1. The van der Waals surface area contributed by atoms with E-state index in [1.165, 1.54) is 0 Å². The van der Waals surface area contributed by atoms with Gasteiger partial charge in [0.15, 0.2) is 0 Å². The molecule has 3 radical (unpaired) electrons. The second-order valence-corrected chi connectivity index (χ2v) is 18.9. The summed E-state index contributed by atoms with van der Waals surface area (Å²) in [4.78, 5) is 24.5. The molecule has 0 aliphatic heterocycles. The molecule has 0 aliphatic carbocycles. The maximum atomic E-state index is 13.4. The van der Waals surface area contributed by atoms with Crippen molar-refractivity contribution < 1.29 is 86.7 Å². The smallest absolute Gasteiger partial charge is 0.0991 e. The van der Waals surface area contributed by atoms with Crippen LogP contribution >= 0.6 is 0 Å². The van der Waals surface area contributed by atoms with Gasteiger partial charge in [-0.1, -0.05) is 136 Å². The molecule has 14 rings (SSSR count). The molecule has 14 aromatic rings. The minimum Gasteiger partial charge on any atom is -0.574 e. The van der Waals surface area contributed by atoms with E-state index in [2.05, 4.69) is 90.8 Å². The van der Waals surface area contributed by atoms with Gasteiger partial charge in [-0.3, -0.25) is 41.3 Å². The van der Waals surface area contributed by atoms with Crippen LogP contribution in [0.2, 0.25) is 0 Å². The zero-order chi connectivity index (χ0) is 64.4. The van der Waals surface area contributed by atoms with Crippen LogP contribution in [0.25, 0.3) is 90.5 Å². The first kappa shape index (κ1) is 73.2. The molecule has 0 fully saturated rings. The van der Waals surface area contributed by atoms with Crippen LogP contribution in [0.4, 0.5) is 26.3 Å². The Bertz CT molecular complexity index is 4470. The summed E-state index contributed by atoms with van der Waals surface area (Å²) >= 11 is 0. The maximum absolute atomic E-state index is 13.4. The number of nitrogens with zero attached hydrogens (tertiary/aromatic N) is 14. The SMILES string of the molecule is Cc1ccnc(-c2[c-]cc(F)cc2F)c1.Fc1c[c-]c(-c2ccccn2)c(F)c1.Fc1c[c-]c(-c2ccccn2)c(F)c1.N#Cc1ccc(-c2cc(-c3ccccn3)[n-]n2)cc1.N#Cc1ccc(-c2cc(-c3ccccn3)[n-]n2)cc1.[Ir].[Ir].[Ir].c1ccc(-c2ccn[n-]2)nc1. The van der Waals surface area contributed by atoms with Gasteiger partial charge in [0, 0.05) is 167 Å². The van der Waals surface area contributed by atoms with Crippen LogP contribution in [0.1, 0.15) is 16.7 Å². The first-order valence-corrected chi connectivity index (χ1v) is 27.5. The normalized spacial score (nSPS) is 9.78. The van der Waals surface area contributed by atoms with Crippen LogP contribution in [-0.2, 0) is 60.3 Å². The summed E-state index contributed by atoms with van der Waals surface area (Å²) in [5.41, 5.74) is 12.4. The first-order chi connectivity index (χ1) is 44.9. The molecule has 95 heavy (non-hydrogen) atoms. The fourth-order valence-electron chi connectivity index (χ4n) is 8.08. The van der Waals surface area contributed by atoms with Gasteiger partial charge in [-0.25, -0.2) is 0 Å². The van der Waals surface area contributed by atoms with E-state index in [-0.39, 0.29) is 77.0 Å². The molecule has 0 saturated carbocycles. The Balaban J connectivity index is 0.000000181. The van der Waals surface area contributed by atoms with Crippen molar-refractivity contribution in [3.05, 3.63) is 319 Å². The van der Waals surface area contributed by atoms with E-state index in [4.69, 9.17) is 10.5 Å². The Labute approximate surface area is 582 Å². The van der Waals surface area contributed by atoms with Crippen molar-refractivity contribution in [2.75, 3.05) is 0 Å². The van der Waals surface area contributed by atoms with Gasteiger partial charge in [0.1, 0.15) is 0 Å². The largest absolute Gasteiger partial charge is 0.574 e. The number of aromatic nitrogens is 12. The second-order valence-electron chi connectivity index (χ2n) is 18.9. The number of rotatable bonds is 8. The van der Waals surface area contributed by atoms with Crippen LogP contribution in [0.15, 0.2) is 250 Å². The molecule has 0 N–H and O–H groups in total. The molecule has 23 heteroatoms. The van der Waals surface area contributed by atoms with E-state index in [1.807, 2.05) is 110 Å². The summed E-state index contributed by atoms with van der Waals surface area (Å²) in [6.45, 7) is 1.88. The third-order valence-corrected chi connectivity index (χ3v) is 12.5. The minimum atomic E-state index is -0.649. The third kappa shape index (κ3) is 21.6.